The lowest BCUT2D eigenvalue weighted by Crippen LogP contribution is -2.30. The van der Waals surface area contributed by atoms with E-state index < -0.39 is 11.9 Å². The van der Waals surface area contributed by atoms with Crippen molar-refractivity contribution in [3.8, 4) is 23.0 Å². The number of carbonyl (C=O) groups is 2. The lowest BCUT2D eigenvalue weighted by atomic mass is 10.1. The summed E-state index contributed by atoms with van der Waals surface area (Å²) >= 11 is 0. The lowest BCUT2D eigenvalue weighted by molar-refractivity contribution is 0.0935. The largest absolute Gasteiger partial charge is 0.493 e. The number of hydrogen-bond donors (Lipinski definition) is 2. The molecule has 3 aromatic rings. The summed E-state index contributed by atoms with van der Waals surface area (Å²) in [5, 5.41) is 13.7. The highest BCUT2D eigenvalue weighted by atomic mass is 16.5. The molecule has 3 rings (SSSR count). The maximum absolute atomic E-state index is 12.9. The van der Waals surface area contributed by atoms with Crippen molar-refractivity contribution in [2.24, 2.45) is 4.99 Å². The van der Waals surface area contributed by atoms with Gasteiger partial charge in [-0.3, -0.25) is 14.6 Å². The Balaban J connectivity index is 1.60. The molecule has 1 unspecified atom stereocenters. The molecule has 1 atom stereocenters. The quantitative estimate of drug-likeness (QED) is 0.317. The molecule has 0 aliphatic carbocycles. The number of aliphatic imine (C=N–C) groups is 1. The predicted molar refractivity (Wildman–Crippen MR) is 145 cm³/mol. The highest BCUT2D eigenvalue weighted by molar-refractivity contribution is 5.98. The second kappa shape index (κ2) is 13.8. The van der Waals surface area contributed by atoms with Crippen molar-refractivity contribution in [2.45, 2.75) is 32.5 Å². The van der Waals surface area contributed by atoms with Crippen LogP contribution in [0.25, 0.3) is 0 Å². The van der Waals surface area contributed by atoms with Crippen molar-refractivity contribution < 1.29 is 28.5 Å². The Morgan fingerprint density at radius 2 is 1.72 bits per heavy atom. The highest BCUT2D eigenvalue weighted by Gasteiger charge is 2.21. The zero-order valence-electron chi connectivity index (χ0n) is 22.9. The van der Waals surface area contributed by atoms with Gasteiger partial charge in [-0.15, -0.1) is 5.10 Å². The van der Waals surface area contributed by atoms with Gasteiger partial charge in [-0.25, -0.2) is 4.68 Å². The Morgan fingerprint density at radius 3 is 2.33 bits per heavy atom. The van der Waals surface area contributed by atoms with Gasteiger partial charge in [-0.1, -0.05) is 17.3 Å². The number of nitrogens with one attached hydrogen (secondary N) is 2. The molecule has 2 aromatic carbocycles. The normalized spacial score (nSPS) is 11.8. The first-order chi connectivity index (χ1) is 18.8. The third-order valence-electron chi connectivity index (χ3n) is 5.54. The Morgan fingerprint density at radius 1 is 1.00 bits per heavy atom. The molecular formula is C27H34N6O6. The topological polar surface area (TPSA) is 138 Å². The Kier molecular flexibility index (Phi) is 10.2. The van der Waals surface area contributed by atoms with Crippen LogP contribution in [0.1, 0.15) is 46.3 Å². The van der Waals surface area contributed by atoms with Crippen LogP contribution in [0.3, 0.4) is 0 Å². The van der Waals surface area contributed by atoms with E-state index in [-0.39, 0.29) is 30.0 Å². The molecule has 12 heteroatoms. The van der Waals surface area contributed by atoms with E-state index in [2.05, 4.69) is 25.9 Å². The molecule has 0 fully saturated rings. The average molecular weight is 539 g/mol. The minimum absolute atomic E-state index is 0.0632. The number of carbonyl (C=O) groups excluding carboxylic acids is 2. The van der Waals surface area contributed by atoms with Crippen molar-refractivity contribution in [1.29, 1.82) is 0 Å². The number of aromatic nitrogens is 3. The van der Waals surface area contributed by atoms with Crippen LogP contribution in [-0.4, -0.2) is 74.0 Å². The molecule has 2 N–H and O–H groups in total. The molecule has 0 aliphatic heterocycles. The zero-order valence-corrected chi connectivity index (χ0v) is 22.9. The summed E-state index contributed by atoms with van der Waals surface area (Å²) in [6.45, 7) is 4.43. The summed E-state index contributed by atoms with van der Waals surface area (Å²) in [5.74, 6) is 1.01. The number of rotatable bonds is 13. The van der Waals surface area contributed by atoms with Crippen LogP contribution in [-0.2, 0) is 6.54 Å². The van der Waals surface area contributed by atoms with Crippen molar-refractivity contribution in [3.63, 3.8) is 0 Å². The second-order valence-electron chi connectivity index (χ2n) is 8.60. The molecule has 0 saturated heterocycles. The smallest absolute Gasteiger partial charge is 0.274 e. The lowest BCUT2D eigenvalue weighted by Gasteiger charge is -2.15. The molecule has 12 nitrogen and oxygen atoms in total. The van der Waals surface area contributed by atoms with Gasteiger partial charge in [0.05, 0.1) is 51.8 Å². The monoisotopic (exact) mass is 538 g/mol. The Bertz CT molecular complexity index is 1290. The van der Waals surface area contributed by atoms with Gasteiger partial charge < -0.3 is 29.6 Å². The van der Waals surface area contributed by atoms with Crippen LogP contribution in [0.4, 0.5) is 0 Å². The highest BCUT2D eigenvalue weighted by Crippen LogP contribution is 2.39. The van der Waals surface area contributed by atoms with Gasteiger partial charge in [0.1, 0.15) is 5.75 Å². The van der Waals surface area contributed by atoms with Gasteiger partial charge in [0.15, 0.2) is 17.2 Å². The number of amides is 2. The third kappa shape index (κ3) is 7.46. The van der Waals surface area contributed by atoms with E-state index in [1.807, 2.05) is 38.1 Å². The maximum Gasteiger partial charge on any atom is 0.274 e. The number of nitrogens with zero attached hydrogens (tertiary/aromatic N) is 4. The SMILES string of the molecule is CN=CC(NC(=O)c1cn(CCNC(=O)c2ccc(OC)c(OC)c2OC)nn1)c1ccc(OC(C)C)cc1. The van der Waals surface area contributed by atoms with Crippen molar-refractivity contribution in [1.82, 2.24) is 25.6 Å². The second-order valence-corrected chi connectivity index (χ2v) is 8.60. The molecule has 0 saturated carbocycles. The molecule has 1 heterocycles. The van der Waals surface area contributed by atoms with Crippen molar-refractivity contribution >= 4 is 18.0 Å². The van der Waals surface area contributed by atoms with Crippen LogP contribution in [0.15, 0.2) is 47.6 Å². The maximum atomic E-state index is 12.9. The molecule has 0 bridgehead atoms. The van der Waals surface area contributed by atoms with Crippen LogP contribution >= 0.6 is 0 Å². The summed E-state index contributed by atoms with van der Waals surface area (Å²) in [4.78, 5) is 29.7. The summed E-state index contributed by atoms with van der Waals surface area (Å²) < 4.78 is 23.1. The standard InChI is InChI=1S/C27H34N6O6/c1-17(2)39-19-9-7-18(8-10-19)21(15-28-3)30-27(35)22-16-33(32-31-22)14-13-29-26(34)20-11-12-23(36-4)25(38-6)24(20)37-5/h7-12,15-17,21H,13-14H2,1-6H3,(H,29,34)(H,30,35). The van der Waals surface area contributed by atoms with E-state index in [9.17, 15) is 9.59 Å². The van der Waals surface area contributed by atoms with Crippen LogP contribution < -0.4 is 29.6 Å². The molecular weight excluding hydrogens is 504 g/mol. The molecule has 1 aromatic heterocycles. The predicted octanol–water partition coefficient (Wildman–Crippen LogP) is 2.69. The van der Waals surface area contributed by atoms with Crippen LogP contribution in [0.2, 0.25) is 0 Å². The summed E-state index contributed by atoms with van der Waals surface area (Å²) in [5.41, 5.74) is 1.27. The minimum atomic E-state index is -0.462. The number of methoxy groups -OCH3 is 3. The van der Waals surface area contributed by atoms with Crippen molar-refractivity contribution in [3.05, 3.63) is 59.4 Å². The van der Waals surface area contributed by atoms with E-state index in [1.54, 1.807) is 25.4 Å². The Labute approximate surface area is 227 Å². The Hall–Kier alpha value is -4.61. The molecule has 0 spiro atoms. The van der Waals surface area contributed by atoms with E-state index in [4.69, 9.17) is 18.9 Å². The minimum Gasteiger partial charge on any atom is -0.493 e. The fourth-order valence-electron chi connectivity index (χ4n) is 3.77. The van der Waals surface area contributed by atoms with Crippen LogP contribution in [0, 0.1) is 0 Å². The molecule has 208 valence electrons. The summed E-state index contributed by atoms with van der Waals surface area (Å²) in [6.07, 6.45) is 3.21. The van der Waals surface area contributed by atoms with Gasteiger partial charge in [-0.2, -0.15) is 0 Å². The number of hydrogen-bond acceptors (Lipinski definition) is 9. The fraction of sp³-hybridized carbons (Fsp3) is 0.370. The third-order valence-corrected chi connectivity index (χ3v) is 5.54. The zero-order chi connectivity index (χ0) is 28.4. The first-order valence-electron chi connectivity index (χ1n) is 12.3. The van der Waals surface area contributed by atoms with E-state index in [0.29, 0.717) is 23.6 Å². The van der Waals surface area contributed by atoms with Crippen LogP contribution in [0.5, 0.6) is 23.0 Å². The van der Waals surface area contributed by atoms with Gasteiger partial charge in [0.25, 0.3) is 11.8 Å². The molecule has 0 radical (unpaired) electrons. The summed E-state index contributed by atoms with van der Waals surface area (Å²) in [7, 11) is 6.05. The molecule has 0 aliphatic rings. The number of benzene rings is 2. The fourth-order valence-corrected chi connectivity index (χ4v) is 3.77. The first-order valence-corrected chi connectivity index (χ1v) is 12.3. The molecule has 2 amide bonds. The first kappa shape index (κ1) is 29.0. The van der Waals surface area contributed by atoms with E-state index in [0.717, 1.165) is 11.3 Å². The number of ether oxygens (including phenoxy) is 4. The van der Waals surface area contributed by atoms with Gasteiger partial charge in [-0.05, 0) is 43.7 Å². The molecule has 39 heavy (non-hydrogen) atoms. The van der Waals surface area contributed by atoms with Gasteiger partial charge in [0, 0.05) is 19.8 Å². The average Bonchev–Trinajstić information content (AvgIpc) is 3.41. The van der Waals surface area contributed by atoms with E-state index in [1.165, 1.54) is 32.2 Å². The van der Waals surface area contributed by atoms with E-state index >= 15 is 0 Å². The summed E-state index contributed by atoms with van der Waals surface area (Å²) in [6, 6.07) is 10.2. The van der Waals surface area contributed by atoms with Gasteiger partial charge >= 0.3 is 0 Å². The van der Waals surface area contributed by atoms with Crippen molar-refractivity contribution in [2.75, 3.05) is 34.9 Å². The van der Waals surface area contributed by atoms with Gasteiger partial charge in [0.2, 0.25) is 5.75 Å².